The second-order valence-electron chi connectivity index (χ2n) is 36.5. The van der Waals surface area contributed by atoms with Crippen molar-refractivity contribution in [2.45, 2.75) is 334 Å². The minimum Gasteiger partial charge on any atom is -0.254 e. The van der Waals surface area contributed by atoms with Gasteiger partial charge in [-0.3, -0.25) is 4.98 Å². The first-order valence-electron chi connectivity index (χ1n) is 47.6. The lowest BCUT2D eigenvalue weighted by Crippen LogP contribution is -2.26. The molecule has 2 aromatic heterocycles. The molecule has 4 aliphatic carbocycles. The quantitative estimate of drug-likeness (QED) is 0.0356. The molecule has 9 aromatic carbocycles. The topological polar surface area (TPSA) is 25.8 Å². The number of hydrogen-bond donors (Lipinski definition) is 0. The zero-order valence-electron chi connectivity index (χ0n) is 72.8. The number of nitrogens with zero attached hydrogens (tertiary/aromatic N) is 2. The highest BCUT2D eigenvalue weighted by Gasteiger charge is 2.48. The smallest absolute Gasteiger partial charge is 0.0900 e. The first kappa shape index (κ1) is 82.6. The van der Waals surface area contributed by atoms with Gasteiger partial charge in [0.1, 0.15) is 0 Å². The highest BCUT2D eigenvalue weighted by Crippen LogP contribution is 2.61. The Morgan fingerprint density at radius 1 is 0.190 bits per heavy atom. The maximum Gasteiger partial charge on any atom is 0.0900 e. The molecule has 0 radical (unpaired) electrons. The lowest BCUT2D eigenvalue weighted by Gasteiger charge is -2.34. The summed E-state index contributed by atoms with van der Waals surface area (Å²) in [6, 6.07) is 81.4. The van der Waals surface area contributed by atoms with Gasteiger partial charge in [0, 0.05) is 38.8 Å². The van der Waals surface area contributed by atoms with Crippen LogP contribution < -0.4 is 0 Å². The summed E-state index contributed by atoms with van der Waals surface area (Å²) in [5, 5.41) is 2.33. The van der Waals surface area contributed by atoms with E-state index in [0.717, 1.165) is 48.2 Å². The summed E-state index contributed by atoms with van der Waals surface area (Å²) in [6.45, 7) is 19.0. The SMILES string of the molecule is CCCCCCC1(CCCCCC)c2ccccc2-c2ccc(-c3ccc4c(c3)C(CCCCCC)(CCCCCC)c3cc(-c5cc(-c6ccc7c(c6)C(CCCCCC)(CCCCCC)c6cc(-c8ccc9c(c8)C(CCCCCC)(CCCCCC)c8ccccc8-9)ccc6-7)nc(-c6cc7ccccc7cn6)c5)ccc3-4)cc21. The van der Waals surface area contributed by atoms with Crippen LogP contribution in [0.2, 0.25) is 0 Å². The third-order valence-corrected chi connectivity index (χ3v) is 28.9. The van der Waals surface area contributed by atoms with Crippen LogP contribution in [0.3, 0.4) is 0 Å². The van der Waals surface area contributed by atoms with Crippen molar-refractivity contribution in [3.8, 4) is 101 Å². The van der Waals surface area contributed by atoms with Gasteiger partial charge in [-0.25, -0.2) is 4.98 Å². The number of rotatable bonds is 45. The summed E-state index contributed by atoms with van der Waals surface area (Å²) in [5.74, 6) is 0. The molecule has 4 aliphatic rings. The number of unbranched alkanes of at least 4 members (excludes halogenated alkanes) is 24. The Kier molecular flexibility index (Phi) is 27.4. The molecular formula is C114H138N2. The van der Waals surface area contributed by atoms with Crippen LogP contribution in [-0.4, -0.2) is 9.97 Å². The van der Waals surface area contributed by atoms with Crippen LogP contribution in [-0.2, 0) is 21.7 Å². The van der Waals surface area contributed by atoms with E-state index in [0.29, 0.717) is 0 Å². The van der Waals surface area contributed by atoms with E-state index in [2.05, 4.69) is 262 Å². The van der Waals surface area contributed by atoms with Crippen molar-refractivity contribution >= 4 is 10.8 Å². The van der Waals surface area contributed by atoms with Crippen molar-refractivity contribution in [2.24, 2.45) is 0 Å². The first-order chi connectivity index (χ1) is 57.1. The monoisotopic (exact) mass is 1540 g/mol. The van der Waals surface area contributed by atoms with Crippen molar-refractivity contribution in [3.63, 3.8) is 0 Å². The largest absolute Gasteiger partial charge is 0.254 e. The Balaban J connectivity index is 0.859. The highest BCUT2D eigenvalue weighted by atomic mass is 14.8. The molecule has 2 heterocycles. The molecule has 0 fully saturated rings. The third-order valence-electron chi connectivity index (χ3n) is 28.9. The zero-order chi connectivity index (χ0) is 79.9. The first-order valence-corrected chi connectivity index (χ1v) is 47.6. The summed E-state index contributed by atoms with van der Waals surface area (Å²) in [4.78, 5) is 11.2. The van der Waals surface area contributed by atoms with Gasteiger partial charge in [-0.15, -0.1) is 0 Å². The number of pyridine rings is 2. The van der Waals surface area contributed by atoms with Gasteiger partial charge < -0.3 is 0 Å². The molecule has 0 saturated carbocycles. The Labute approximate surface area is 701 Å². The lowest BCUT2D eigenvalue weighted by molar-refractivity contribution is 0.401. The molecule has 604 valence electrons. The summed E-state index contributed by atoms with van der Waals surface area (Å²) in [6.07, 6.45) is 52.0. The molecule has 116 heavy (non-hydrogen) atoms. The van der Waals surface area contributed by atoms with Crippen molar-refractivity contribution < 1.29 is 0 Å². The van der Waals surface area contributed by atoms with Gasteiger partial charge in [-0.2, -0.15) is 0 Å². The molecule has 0 amide bonds. The van der Waals surface area contributed by atoms with Gasteiger partial charge in [0.15, 0.2) is 0 Å². The lowest BCUT2D eigenvalue weighted by atomic mass is 9.69. The molecule has 15 rings (SSSR count). The standard InChI is InChI=1S/C114H138N2/c1-9-17-25-39-65-111(66-40-26-18-10-2)100-51-37-35-49-92(100)94-59-53-84(73-102(94)111)86-55-61-96-98-63-57-88(77-106(98)113(104(96)75-86,69-43-29-21-13-5)70-44-30-22-14-6)91-80-108(116-110(81-91)109-79-83-47-33-34-48-90(83)82-115-109)89-58-64-99-97-62-56-87(76-105(97)114(107(99)78-89,71-45-31-23-15-7)72-46-32-24-16-8)85-54-60-95-93-50-36-38-52-101(93)112(103(95)74-85,67-41-27-19-11-3)68-42-28-20-12-4/h33-38,47-64,73-82H,9-32,39-46,65-72H2,1-8H3. The minimum absolute atomic E-state index is 0.0294. The Morgan fingerprint density at radius 2 is 0.440 bits per heavy atom. The summed E-state index contributed by atoms with van der Waals surface area (Å²) >= 11 is 0. The highest BCUT2D eigenvalue weighted by molar-refractivity contribution is 5.92. The molecule has 0 atom stereocenters. The molecule has 2 heteroatoms. The second-order valence-corrected chi connectivity index (χ2v) is 36.5. The van der Waals surface area contributed by atoms with E-state index >= 15 is 0 Å². The van der Waals surface area contributed by atoms with E-state index in [1.165, 1.54) is 331 Å². The number of hydrogen-bond acceptors (Lipinski definition) is 2. The predicted octanol–water partition coefficient (Wildman–Crippen LogP) is 34.8. The van der Waals surface area contributed by atoms with Crippen LogP contribution >= 0.6 is 0 Å². The van der Waals surface area contributed by atoms with Crippen LogP contribution in [0.4, 0.5) is 0 Å². The molecule has 2 nitrogen and oxygen atoms in total. The fourth-order valence-corrected chi connectivity index (χ4v) is 22.6. The number of benzene rings is 9. The molecule has 0 spiro atoms. The fourth-order valence-electron chi connectivity index (χ4n) is 22.6. The maximum absolute atomic E-state index is 5.88. The average Bonchev–Trinajstić information content (AvgIpc) is 1.56. The molecule has 11 aromatic rings. The van der Waals surface area contributed by atoms with Crippen LogP contribution in [0, 0.1) is 0 Å². The van der Waals surface area contributed by atoms with E-state index in [4.69, 9.17) is 9.97 Å². The zero-order valence-corrected chi connectivity index (χ0v) is 72.8. The Bertz CT molecular complexity index is 4810. The molecule has 0 unspecified atom stereocenters. The van der Waals surface area contributed by atoms with Gasteiger partial charge in [0.05, 0.1) is 17.1 Å². The number of fused-ring (bicyclic) bond motifs is 13. The van der Waals surface area contributed by atoms with Gasteiger partial charge in [0.25, 0.3) is 0 Å². The molecule has 0 aliphatic heterocycles. The van der Waals surface area contributed by atoms with Crippen molar-refractivity contribution in [1.29, 1.82) is 0 Å². The maximum atomic E-state index is 5.88. The van der Waals surface area contributed by atoms with Gasteiger partial charge in [0.2, 0.25) is 0 Å². The van der Waals surface area contributed by atoms with Crippen molar-refractivity contribution in [3.05, 3.63) is 251 Å². The summed E-state index contributed by atoms with van der Waals surface area (Å²) in [7, 11) is 0. The average molecular weight is 1540 g/mol. The summed E-state index contributed by atoms with van der Waals surface area (Å²) < 4.78 is 0. The molecular weight excluding hydrogens is 1400 g/mol. The van der Waals surface area contributed by atoms with Crippen molar-refractivity contribution in [2.75, 3.05) is 0 Å². The minimum atomic E-state index is -0.154. The van der Waals surface area contributed by atoms with Crippen LogP contribution in [0.25, 0.3) is 111 Å². The fraction of sp³-hybridized carbons (Fsp3) is 0.456. The van der Waals surface area contributed by atoms with E-state index in [9.17, 15) is 0 Å². The summed E-state index contributed by atoms with van der Waals surface area (Å²) in [5.41, 5.74) is 35.8. The Hall–Kier alpha value is -8.46. The second kappa shape index (κ2) is 38.5. The van der Waals surface area contributed by atoms with Crippen LogP contribution in [0.1, 0.15) is 357 Å². The molecule has 0 saturated heterocycles. The number of aromatic nitrogens is 2. The van der Waals surface area contributed by atoms with Gasteiger partial charge >= 0.3 is 0 Å². The molecule has 0 bridgehead atoms. The van der Waals surface area contributed by atoms with Crippen LogP contribution in [0.15, 0.2) is 206 Å². The molecule has 0 N–H and O–H groups in total. The van der Waals surface area contributed by atoms with E-state index in [1.807, 2.05) is 0 Å². The predicted molar refractivity (Wildman–Crippen MR) is 502 cm³/mol. The van der Waals surface area contributed by atoms with Gasteiger partial charge in [-0.05, 0) is 234 Å². The normalized spacial score (nSPS) is 14.5. The van der Waals surface area contributed by atoms with Crippen molar-refractivity contribution in [1.82, 2.24) is 9.97 Å². The van der Waals surface area contributed by atoms with E-state index in [1.54, 1.807) is 33.4 Å². The van der Waals surface area contributed by atoms with Gasteiger partial charge in [-0.1, -0.05) is 406 Å². The Morgan fingerprint density at radius 3 is 0.759 bits per heavy atom. The van der Waals surface area contributed by atoms with E-state index < -0.39 is 0 Å². The third kappa shape index (κ3) is 16.6. The van der Waals surface area contributed by atoms with E-state index in [-0.39, 0.29) is 21.7 Å². The van der Waals surface area contributed by atoms with Crippen LogP contribution in [0.5, 0.6) is 0 Å².